The summed E-state index contributed by atoms with van der Waals surface area (Å²) in [4.78, 5) is 18.2. The first-order valence-corrected chi connectivity index (χ1v) is 6.68. The number of carbonyl (C=O) groups excluding carboxylic acids is 1. The van der Waals surface area contributed by atoms with E-state index in [0.29, 0.717) is 5.56 Å². The molecule has 0 bridgehead atoms. The Morgan fingerprint density at radius 1 is 1.50 bits per heavy atom. The largest absolute Gasteiger partial charge is 0.337 e. The normalized spacial score (nSPS) is 18.1. The van der Waals surface area contributed by atoms with Crippen LogP contribution in [-0.2, 0) is 0 Å². The van der Waals surface area contributed by atoms with E-state index in [9.17, 15) is 4.79 Å². The Morgan fingerprint density at radius 2 is 2.40 bits per heavy atom. The molecule has 1 aromatic heterocycles. The molecule has 1 atom stereocenters. The van der Waals surface area contributed by atoms with Crippen LogP contribution in [0.25, 0.3) is 5.69 Å². The van der Waals surface area contributed by atoms with Crippen LogP contribution in [0.1, 0.15) is 16.8 Å². The average molecular weight is 271 g/mol. The maximum Gasteiger partial charge on any atom is 0.253 e. The van der Waals surface area contributed by atoms with Crippen molar-refractivity contribution in [3.05, 3.63) is 42.5 Å². The van der Waals surface area contributed by atoms with E-state index in [4.69, 9.17) is 0 Å². The fourth-order valence-electron chi connectivity index (χ4n) is 2.46. The molecule has 1 unspecified atom stereocenters. The number of hydrogen-bond acceptors (Lipinski definition) is 4. The average Bonchev–Trinajstić information content (AvgIpc) is 3.18. The highest BCUT2D eigenvalue weighted by Crippen LogP contribution is 2.14. The standard InChI is InChI=1S/C14H17N5O/c1-18(13-5-6-15-8-13)14(20)11-3-2-4-12(7-11)19-10-16-9-17-19/h2-4,7,9-10,13,15H,5-6,8H2,1H3. The molecule has 2 aromatic rings. The summed E-state index contributed by atoms with van der Waals surface area (Å²) in [5.74, 6) is 0.0423. The molecule has 0 saturated carbocycles. The molecule has 6 nitrogen and oxygen atoms in total. The van der Waals surface area contributed by atoms with Crippen LogP contribution >= 0.6 is 0 Å². The van der Waals surface area contributed by atoms with Crippen LogP contribution in [0, 0.1) is 0 Å². The second-order valence-corrected chi connectivity index (χ2v) is 4.95. The number of likely N-dealkylation sites (N-methyl/N-ethyl adjacent to an activating group) is 1. The highest BCUT2D eigenvalue weighted by molar-refractivity contribution is 5.94. The van der Waals surface area contributed by atoms with E-state index in [-0.39, 0.29) is 11.9 Å². The molecular weight excluding hydrogens is 254 g/mol. The van der Waals surface area contributed by atoms with Crippen LogP contribution in [-0.4, -0.2) is 51.8 Å². The zero-order valence-electron chi connectivity index (χ0n) is 11.4. The van der Waals surface area contributed by atoms with Crippen molar-refractivity contribution in [2.24, 2.45) is 0 Å². The van der Waals surface area contributed by atoms with Gasteiger partial charge in [0.1, 0.15) is 12.7 Å². The van der Waals surface area contributed by atoms with Crippen molar-refractivity contribution in [3.63, 3.8) is 0 Å². The van der Waals surface area contributed by atoms with Crippen LogP contribution in [0.3, 0.4) is 0 Å². The molecule has 6 heteroatoms. The van der Waals surface area contributed by atoms with Crippen molar-refractivity contribution in [1.29, 1.82) is 0 Å². The van der Waals surface area contributed by atoms with E-state index >= 15 is 0 Å². The minimum atomic E-state index is 0.0423. The molecule has 0 aliphatic carbocycles. The van der Waals surface area contributed by atoms with E-state index in [1.54, 1.807) is 11.0 Å². The SMILES string of the molecule is CN(C(=O)c1cccc(-n2cncn2)c1)C1CCNC1. The van der Waals surface area contributed by atoms with Crippen LogP contribution in [0.5, 0.6) is 0 Å². The van der Waals surface area contributed by atoms with Gasteiger partial charge < -0.3 is 10.2 Å². The van der Waals surface area contributed by atoms with Crippen molar-refractivity contribution in [1.82, 2.24) is 25.0 Å². The monoisotopic (exact) mass is 271 g/mol. The highest BCUT2D eigenvalue weighted by atomic mass is 16.2. The molecule has 1 saturated heterocycles. The molecule has 0 radical (unpaired) electrons. The lowest BCUT2D eigenvalue weighted by Gasteiger charge is -2.24. The Morgan fingerprint density at radius 3 is 3.10 bits per heavy atom. The van der Waals surface area contributed by atoms with Gasteiger partial charge in [0.15, 0.2) is 0 Å². The molecule has 0 spiro atoms. The molecular formula is C14H17N5O. The summed E-state index contributed by atoms with van der Waals surface area (Å²) in [6, 6.07) is 7.72. The van der Waals surface area contributed by atoms with Crippen LogP contribution in [0.15, 0.2) is 36.9 Å². The molecule has 1 N–H and O–H groups in total. The van der Waals surface area contributed by atoms with Gasteiger partial charge in [0.25, 0.3) is 5.91 Å². The smallest absolute Gasteiger partial charge is 0.253 e. The van der Waals surface area contributed by atoms with Gasteiger partial charge in [-0.1, -0.05) is 6.07 Å². The third-order valence-electron chi connectivity index (χ3n) is 3.68. The molecule has 1 fully saturated rings. The first-order chi connectivity index (χ1) is 9.75. The van der Waals surface area contributed by atoms with Gasteiger partial charge in [-0.2, -0.15) is 5.10 Å². The van der Waals surface area contributed by atoms with Gasteiger partial charge in [0.2, 0.25) is 0 Å². The van der Waals surface area contributed by atoms with E-state index < -0.39 is 0 Å². The van der Waals surface area contributed by atoms with E-state index in [1.165, 1.54) is 6.33 Å². The summed E-state index contributed by atoms with van der Waals surface area (Å²) in [6.07, 6.45) is 4.10. The third-order valence-corrected chi connectivity index (χ3v) is 3.68. The molecule has 3 rings (SSSR count). The van der Waals surface area contributed by atoms with Crippen molar-refractivity contribution in [2.45, 2.75) is 12.5 Å². The lowest BCUT2D eigenvalue weighted by atomic mass is 10.1. The molecule has 20 heavy (non-hydrogen) atoms. The number of nitrogens with one attached hydrogen (secondary N) is 1. The number of carbonyl (C=O) groups is 1. The Hall–Kier alpha value is -2.21. The Balaban J connectivity index is 1.83. The zero-order chi connectivity index (χ0) is 13.9. The molecule has 104 valence electrons. The van der Waals surface area contributed by atoms with Gasteiger partial charge in [-0.3, -0.25) is 4.79 Å². The zero-order valence-corrected chi connectivity index (χ0v) is 11.4. The fraction of sp³-hybridized carbons (Fsp3) is 0.357. The van der Waals surface area contributed by atoms with E-state index in [1.807, 2.05) is 36.2 Å². The lowest BCUT2D eigenvalue weighted by Crippen LogP contribution is -2.38. The van der Waals surface area contributed by atoms with E-state index in [2.05, 4.69) is 15.4 Å². The van der Waals surface area contributed by atoms with Gasteiger partial charge in [0.05, 0.1) is 5.69 Å². The van der Waals surface area contributed by atoms with E-state index in [0.717, 1.165) is 25.2 Å². The third kappa shape index (κ3) is 2.42. The summed E-state index contributed by atoms with van der Waals surface area (Å²) >= 11 is 0. The first kappa shape index (κ1) is 12.8. The van der Waals surface area contributed by atoms with Gasteiger partial charge in [-0.15, -0.1) is 0 Å². The lowest BCUT2D eigenvalue weighted by molar-refractivity contribution is 0.0744. The Bertz CT molecular complexity index is 589. The minimum absolute atomic E-state index is 0.0423. The number of rotatable bonds is 3. The summed E-state index contributed by atoms with van der Waals surface area (Å²) in [5, 5.41) is 7.36. The second-order valence-electron chi connectivity index (χ2n) is 4.95. The topological polar surface area (TPSA) is 63.1 Å². The summed E-state index contributed by atoms with van der Waals surface area (Å²) in [7, 11) is 1.86. The van der Waals surface area contributed by atoms with Crippen molar-refractivity contribution < 1.29 is 4.79 Å². The predicted molar refractivity (Wildman–Crippen MR) is 74.7 cm³/mol. The highest BCUT2D eigenvalue weighted by Gasteiger charge is 2.24. The molecule has 1 aliphatic heterocycles. The summed E-state index contributed by atoms with van der Waals surface area (Å²) < 4.78 is 1.65. The summed E-state index contributed by atoms with van der Waals surface area (Å²) in [6.45, 7) is 1.84. The molecule has 2 heterocycles. The first-order valence-electron chi connectivity index (χ1n) is 6.68. The number of nitrogens with zero attached hydrogens (tertiary/aromatic N) is 4. The van der Waals surface area contributed by atoms with Gasteiger partial charge in [-0.05, 0) is 31.2 Å². The number of hydrogen-bond donors (Lipinski definition) is 1. The fourth-order valence-corrected chi connectivity index (χ4v) is 2.46. The molecule has 1 aromatic carbocycles. The van der Waals surface area contributed by atoms with Gasteiger partial charge >= 0.3 is 0 Å². The minimum Gasteiger partial charge on any atom is -0.337 e. The Kier molecular flexibility index (Phi) is 3.47. The maximum absolute atomic E-state index is 12.5. The Labute approximate surface area is 117 Å². The van der Waals surface area contributed by atoms with Crippen LogP contribution in [0.2, 0.25) is 0 Å². The summed E-state index contributed by atoms with van der Waals surface area (Å²) in [5.41, 5.74) is 1.51. The van der Waals surface area contributed by atoms with Crippen molar-refractivity contribution >= 4 is 5.91 Å². The van der Waals surface area contributed by atoms with Gasteiger partial charge in [-0.25, -0.2) is 9.67 Å². The van der Waals surface area contributed by atoms with Crippen LogP contribution in [0.4, 0.5) is 0 Å². The van der Waals surface area contributed by atoms with Crippen molar-refractivity contribution in [3.8, 4) is 5.69 Å². The van der Waals surface area contributed by atoms with Crippen LogP contribution < -0.4 is 5.32 Å². The molecule has 1 aliphatic rings. The molecule has 1 amide bonds. The van der Waals surface area contributed by atoms with Crippen molar-refractivity contribution in [2.75, 3.05) is 20.1 Å². The quantitative estimate of drug-likeness (QED) is 0.892. The predicted octanol–water partition coefficient (Wildman–Crippen LogP) is 0.701. The van der Waals surface area contributed by atoms with Gasteiger partial charge in [0, 0.05) is 25.2 Å². The number of aromatic nitrogens is 3. The number of amides is 1. The number of benzene rings is 1. The maximum atomic E-state index is 12.5. The second kappa shape index (κ2) is 5.42.